The van der Waals surface area contributed by atoms with Gasteiger partial charge in [0.15, 0.2) is 0 Å². The Balaban J connectivity index is 2.05. The topological polar surface area (TPSA) is 30.5 Å². The Labute approximate surface area is 112 Å². The highest BCUT2D eigenvalue weighted by atomic mass is 19.4. The van der Waals surface area contributed by atoms with Crippen molar-refractivity contribution < 1.29 is 22.6 Å². The van der Waals surface area contributed by atoms with Gasteiger partial charge >= 0.3 is 6.18 Å². The molecule has 6 heteroatoms. The van der Waals surface area contributed by atoms with E-state index in [-0.39, 0.29) is 18.1 Å². The molecule has 114 valence electrons. The van der Waals surface area contributed by atoms with Crippen LogP contribution in [0.4, 0.5) is 13.2 Å². The number of ether oxygens (including phenoxy) is 2. The van der Waals surface area contributed by atoms with E-state index >= 15 is 0 Å². The van der Waals surface area contributed by atoms with Crippen molar-refractivity contribution in [2.45, 2.75) is 51.9 Å². The summed E-state index contributed by atoms with van der Waals surface area (Å²) in [5.74, 6) is 0. The van der Waals surface area contributed by atoms with Crippen molar-refractivity contribution in [2.75, 3.05) is 26.4 Å². The molecule has 0 aliphatic heterocycles. The maximum absolute atomic E-state index is 11.8. The largest absolute Gasteiger partial charge is 0.411 e. The van der Waals surface area contributed by atoms with Crippen molar-refractivity contribution in [1.82, 2.24) is 5.32 Å². The van der Waals surface area contributed by atoms with Gasteiger partial charge in [-0.1, -0.05) is 13.8 Å². The van der Waals surface area contributed by atoms with Crippen LogP contribution in [0.1, 0.15) is 33.6 Å². The molecule has 2 atom stereocenters. The first-order valence-electron chi connectivity index (χ1n) is 6.77. The Bertz CT molecular complexity index is 269. The molecule has 2 unspecified atom stereocenters. The van der Waals surface area contributed by atoms with Crippen LogP contribution in [-0.2, 0) is 9.47 Å². The molecule has 0 saturated heterocycles. The Morgan fingerprint density at radius 1 is 1.32 bits per heavy atom. The van der Waals surface area contributed by atoms with Crippen LogP contribution in [0, 0.1) is 5.41 Å². The van der Waals surface area contributed by atoms with Crippen LogP contribution in [0.15, 0.2) is 0 Å². The standard InChI is InChI=1S/C13H24F3NO2/c1-4-19-11-8-10(12(11,2)3)17-6-5-7-18-9-13(14,15)16/h10-11,17H,4-9H2,1-3H3. The highest BCUT2D eigenvalue weighted by molar-refractivity contribution is 5.02. The van der Waals surface area contributed by atoms with Gasteiger partial charge in [0.25, 0.3) is 0 Å². The van der Waals surface area contributed by atoms with Crippen LogP contribution in [0.2, 0.25) is 0 Å². The van der Waals surface area contributed by atoms with Gasteiger partial charge in [0, 0.05) is 24.7 Å². The lowest BCUT2D eigenvalue weighted by atomic mass is 9.64. The molecule has 0 aromatic heterocycles. The second kappa shape index (κ2) is 6.90. The second-order valence-corrected chi connectivity index (χ2v) is 5.53. The fourth-order valence-corrected chi connectivity index (χ4v) is 2.35. The summed E-state index contributed by atoms with van der Waals surface area (Å²) < 4.78 is 45.6. The maximum Gasteiger partial charge on any atom is 0.411 e. The molecule has 1 rings (SSSR count). The Morgan fingerprint density at radius 2 is 2.00 bits per heavy atom. The minimum atomic E-state index is -4.23. The number of rotatable bonds is 8. The predicted molar refractivity (Wildman–Crippen MR) is 67.1 cm³/mol. The SMILES string of the molecule is CCOC1CC(NCCCOCC(F)(F)F)C1(C)C. The second-order valence-electron chi connectivity index (χ2n) is 5.53. The van der Waals surface area contributed by atoms with Crippen molar-refractivity contribution in [1.29, 1.82) is 0 Å². The lowest BCUT2D eigenvalue weighted by molar-refractivity contribution is -0.174. The number of hydrogen-bond acceptors (Lipinski definition) is 3. The van der Waals surface area contributed by atoms with Gasteiger partial charge in [-0.25, -0.2) is 0 Å². The molecule has 19 heavy (non-hydrogen) atoms. The van der Waals surface area contributed by atoms with Gasteiger partial charge in [0.2, 0.25) is 0 Å². The Morgan fingerprint density at radius 3 is 2.53 bits per heavy atom. The lowest BCUT2D eigenvalue weighted by Gasteiger charge is -2.52. The van der Waals surface area contributed by atoms with Crippen molar-refractivity contribution in [2.24, 2.45) is 5.41 Å². The molecule has 0 aromatic rings. The molecular weight excluding hydrogens is 259 g/mol. The van der Waals surface area contributed by atoms with Crippen LogP contribution in [0.5, 0.6) is 0 Å². The summed E-state index contributed by atoms with van der Waals surface area (Å²) in [6.45, 7) is 6.64. The van der Waals surface area contributed by atoms with Gasteiger partial charge in [-0.2, -0.15) is 13.2 Å². The minimum Gasteiger partial charge on any atom is -0.378 e. The van der Waals surface area contributed by atoms with Crippen LogP contribution >= 0.6 is 0 Å². The number of halogens is 3. The normalized spacial score (nSPS) is 26.2. The highest BCUT2D eigenvalue weighted by Crippen LogP contribution is 2.42. The number of alkyl halides is 3. The summed E-state index contributed by atoms with van der Waals surface area (Å²) in [5.41, 5.74) is 0.0861. The van der Waals surface area contributed by atoms with Gasteiger partial charge < -0.3 is 14.8 Å². The molecule has 0 bridgehead atoms. The van der Waals surface area contributed by atoms with E-state index in [9.17, 15) is 13.2 Å². The van der Waals surface area contributed by atoms with E-state index in [1.54, 1.807) is 0 Å². The molecule has 1 aliphatic rings. The molecular formula is C13H24F3NO2. The smallest absolute Gasteiger partial charge is 0.378 e. The number of nitrogens with one attached hydrogen (secondary N) is 1. The van der Waals surface area contributed by atoms with Gasteiger partial charge in [-0.15, -0.1) is 0 Å². The summed E-state index contributed by atoms with van der Waals surface area (Å²) in [4.78, 5) is 0. The van der Waals surface area contributed by atoms with Crippen molar-refractivity contribution in [3.05, 3.63) is 0 Å². The Kier molecular flexibility index (Phi) is 6.08. The molecule has 1 saturated carbocycles. The quantitative estimate of drug-likeness (QED) is 0.695. The van der Waals surface area contributed by atoms with E-state index in [4.69, 9.17) is 4.74 Å². The fraction of sp³-hybridized carbons (Fsp3) is 1.00. The van der Waals surface area contributed by atoms with Crippen molar-refractivity contribution in [3.63, 3.8) is 0 Å². The Hall–Kier alpha value is -0.330. The number of hydrogen-bond donors (Lipinski definition) is 1. The summed E-state index contributed by atoms with van der Waals surface area (Å²) in [5, 5.41) is 3.35. The average Bonchev–Trinajstić information content (AvgIpc) is 2.29. The lowest BCUT2D eigenvalue weighted by Crippen LogP contribution is -2.61. The van der Waals surface area contributed by atoms with Crippen LogP contribution in [0.25, 0.3) is 0 Å². The summed E-state index contributed by atoms with van der Waals surface area (Å²) in [6, 6.07) is 0.367. The van der Waals surface area contributed by atoms with Crippen molar-refractivity contribution in [3.8, 4) is 0 Å². The third-order valence-electron chi connectivity index (χ3n) is 3.67. The molecule has 1 aliphatic carbocycles. The van der Waals surface area contributed by atoms with Gasteiger partial charge in [0.05, 0.1) is 6.10 Å². The van der Waals surface area contributed by atoms with E-state index in [0.29, 0.717) is 25.6 Å². The van der Waals surface area contributed by atoms with E-state index in [0.717, 1.165) is 6.42 Å². The van der Waals surface area contributed by atoms with Gasteiger partial charge in [0.1, 0.15) is 6.61 Å². The fourth-order valence-electron chi connectivity index (χ4n) is 2.35. The zero-order valence-corrected chi connectivity index (χ0v) is 11.8. The molecule has 0 spiro atoms. The van der Waals surface area contributed by atoms with Crippen LogP contribution in [0.3, 0.4) is 0 Å². The van der Waals surface area contributed by atoms with Crippen LogP contribution in [-0.4, -0.2) is 44.7 Å². The zero-order chi connectivity index (χ0) is 14.5. The van der Waals surface area contributed by atoms with E-state index in [2.05, 4.69) is 23.9 Å². The zero-order valence-electron chi connectivity index (χ0n) is 11.8. The third-order valence-corrected chi connectivity index (χ3v) is 3.67. The van der Waals surface area contributed by atoms with E-state index < -0.39 is 12.8 Å². The molecule has 3 nitrogen and oxygen atoms in total. The van der Waals surface area contributed by atoms with Crippen LogP contribution < -0.4 is 5.32 Å². The molecule has 0 amide bonds. The van der Waals surface area contributed by atoms with E-state index in [1.165, 1.54) is 0 Å². The molecule has 1 N–H and O–H groups in total. The van der Waals surface area contributed by atoms with E-state index in [1.807, 2.05) is 6.92 Å². The summed E-state index contributed by atoms with van der Waals surface area (Å²) in [6.07, 6.45) is -2.41. The average molecular weight is 283 g/mol. The summed E-state index contributed by atoms with van der Waals surface area (Å²) in [7, 11) is 0. The molecule has 1 fully saturated rings. The molecule has 0 heterocycles. The maximum atomic E-state index is 11.8. The third kappa shape index (κ3) is 5.28. The first-order valence-corrected chi connectivity index (χ1v) is 6.77. The van der Waals surface area contributed by atoms with Gasteiger partial charge in [-0.05, 0) is 26.3 Å². The van der Waals surface area contributed by atoms with Crippen molar-refractivity contribution >= 4 is 0 Å². The molecule has 0 aromatic carbocycles. The first-order chi connectivity index (χ1) is 8.77. The minimum absolute atomic E-state index is 0.0861. The predicted octanol–water partition coefficient (Wildman–Crippen LogP) is 2.75. The monoisotopic (exact) mass is 283 g/mol. The first kappa shape index (κ1) is 16.7. The van der Waals surface area contributed by atoms with Gasteiger partial charge in [-0.3, -0.25) is 0 Å². The summed E-state index contributed by atoms with van der Waals surface area (Å²) >= 11 is 0. The highest BCUT2D eigenvalue weighted by Gasteiger charge is 2.48. The molecule has 0 radical (unpaired) electrons.